The summed E-state index contributed by atoms with van der Waals surface area (Å²) in [6.07, 6.45) is 13.3. The minimum atomic E-state index is -0.398. The molecular formula is C25H35NO4. The van der Waals surface area contributed by atoms with E-state index in [-0.39, 0.29) is 18.6 Å². The fourth-order valence-corrected chi connectivity index (χ4v) is 5.09. The summed E-state index contributed by atoms with van der Waals surface area (Å²) in [6, 6.07) is 8.02. The number of carbonyl (C=O) groups excluding carboxylic acids is 1. The van der Waals surface area contributed by atoms with Crippen molar-refractivity contribution >= 4 is 5.91 Å². The van der Waals surface area contributed by atoms with Gasteiger partial charge in [-0.25, -0.2) is 0 Å². The number of nitrogens with one attached hydrogen (secondary N) is 1. The molecule has 2 saturated carbocycles. The molecule has 164 valence electrons. The van der Waals surface area contributed by atoms with E-state index in [1.165, 1.54) is 44.9 Å². The van der Waals surface area contributed by atoms with Crippen LogP contribution in [0.1, 0.15) is 75.3 Å². The molecule has 0 spiro atoms. The molecule has 30 heavy (non-hydrogen) atoms. The molecule has 1 amide bonds. The van der Waals surface area contributed by atoms with Gasteiger partial charge in [0.2, 0.25) is 6.29 Å². The molecule has 1 aromatic carbocycles. The number of hydrogen-bond acceptors (Lipinski definition) is 4. The number of benzene rings is 1. The van der Waals surface area contributed by atoms with Crippen molar-refractivity contribution in [1.29, 1.82) is 0 Å². The first-order chi connectivity index (χ1) is 14.7. The number of hydrogen-bond donors (Lipinski definition) is 2. The summed E-state index contributed by atoms with van der Waals surface area (Å²) < 4.78 is 12.1. The van der Waals surface area contributed by atoms with Gasteiger partial charge in [0.05, 0.1) is 13.2 Å². The van der Waals surface area contributed by atoms with E-state index in [0.29, 0.717) is 24.2 Å². The Morgan fingerprint density at radius 3 is 2.37 bits per heavy atom. The lowest BCUT2D eigenvalue weighted by atomic mass is 9.86. The second-order valence-electron chi connectivity index (χ2n) is 9.12. The van der Waals surface area contributed by atoms with Crippen LogP contribution in [0.15, 0.2) is 36.1 Å². The van der Waals surface area contributed by atoms with Crippen molar-refractivity contribution < 1.29 is 19.4 Å². The SMILES string of the molecule is O=C(NC1CCCCC1)C1=C[C@H](C2CCCC2)C[C@H](OCc2ccc(CO)cc2)O1. The molecule has 1 heterocycles. The number of amides is 1. The molecule has 0 aromatic heterocycles. The number of aliphatic hydroxyl groups excluding tert-OH is 1. The standard InChI is InChI=1S/C25H35NO4/c27-16-18-10-12-19(13-11-18)17-29-24-15-21(20-6-4-5-7-20)14-23(30-24)25(28)26-22-8-2-1-3-9-22/h10-14,20-22,24,27H,1-9,15-17H2,(H,26,28)/t21-,24+/m0/s1. The molecule has 2 fully saturated rings. The first-order valence-electron chi connectivity index (χ1n) is 11.7. The van der Waals surface area contributed by atoms with Crippen LogP contribution in [-0.4, -0.2) is 23.3 Å². The maximum Gasteiger partial charge on any atom is 0.286 e. The van der Waals surface area contributed by atoms with Gasteiger partial charge < -0.3 is 19.9 Å². The largest absolute Gasteiger partial charge is 0.459 e. The van der Waals surface area contributed by atoms with Crippen LogP contribution < -0.4 is 5.32 Å². The zero-order valence-corrected chi connectivity index (χ0v) is 17.9. The van der Waals surface area contributed by atoms with Crippen LogP contribution in [0.25, 0.3) is 0 Å². The highest BCUT2D eigenvalue weighted by Crippen LogP contribution is 2.38. The number of ether oxygens (including phenoxy) is 2. The molecule has 0 radical (unpaired) electrons. The molecule has 2 aliphatic carbocycles. The summed E-state index contributed by atoms with van der Waals surface area (Å²) in [5.41, 5.74) is 1.93. The van der Waals surface area contributed by atoms with Gasteiger partial charge >= 0.3 is 0 Å². The van der Waals surface area contributed by atoms with Crippen LogP contribution in [-0.2, 0) is 27.5 Å². The van der Waals surface area contributed by atoms with Gasteiger partial charge in [-0.1, -0.05) is 56.4 Å². The van der Waals surface area contributed by atoms with E-state index in [1.807, 2.05) is 24.3 Å². The number of aliphatic hydroxyl groups is 1. The third kappa shape index (κ3) is 5.64. The van der Waals surface area contributed by atoms with Gasteiger partial charge in [-0.05, 0) is 54.7 Å². The van der Waals surface area contributed by atoms with Gasteiger partial charge in [-0.3, -0.25) is 4.79 Å². The topological polar surface area (TPSA) is 67.8 Å². The fraction of sp³-hybridized carbons (Fsp3) is 0.640. The van der Waals surface area contributed by atoms with E-state index in [1.54, 1.807) is 0 Å². The fourth-order valence-electron chi connectivity index (χ4n) is 5.09. The monoisotopic (exact) mass is 413 g/mol. The maximum absolute atomic E-state index is 12.9. The summed E-state index contributed by atoms with van der Waals surface area (Å²) >= 11 is 0. The Bertz CT molecular complexity index is 717. The molecule has 5 heteroatoms. The Labute approximate surface area is 179 Å². The average Bonchev–Trinajstić information content (AvgIpc) is 3.34. The summed E-state index contributed by atoms with van der Waals surface area (Å²) in [7, 11) is 0. The predicted molar refractivity (Wildman–Crippen MR) is 115 cm³/mol. The molecule has 3 aliphatic rings. The lowest BCUT2D eigenvalue weighted by Gasteiger charge is -2.32. The minimum absolute atomic E-state index is 0.0419. The van der Waals surface area contributed by atoms with Gasteiger partial charge in [-0.15, -0.1) is 0 Å². The second kappa shape index (κ2) is 10.5. The van der Waals surface area contributed by atoms with Crippen molar-refractivity contribution in [3.05, 3.63) is 47.2 Å². The Morgan fingerprint density at radius 2 is 1.67 bits per heavy atom. The highest BCUT2D eigenvalue weighted by molar-refractivity contribution is 5.91. The minimum Gasteiger partial charge on any atom is -0.459 e. The third-order valence-electron chi connectivity index (χ3n) is 6.90. The molecule has 0 bridgehead atoms. The predicted octanol–water partition coefficient (Wildman–Crippen LogP) is 4.58. The lowest BCUT2D eigenvalue weighted by Crippen LogP contribution is -2.40. The lowest BCUT2D eigenvalue weighted by molar-refractivity contribution is -0.155. The van der Waals surface area contributed by atoms with E-state index >= 15 is 0 Å². The molecule has 1 aromatic rings. The van der Waals surface area contributed by atoms with Gasteiger partial charge in [0.15, 0.2) is 5.76 Å². The maximum atomic E-state index is 12.9. The number of allylic oxidation sites excluding steroid dienone is 1. The summed E-state index contributed by atoms with van der Waals surface area (Å²) in [6.45, 7) is 0.478. The average molecular weight is 414 g/mol. The molecular weight excluding hydrogens is 378 g/mol. The zero-order valence-electron chi connectivity index (χ0n) is 17.9. The van der Waals surface area contributed by atoms with E-state index in [4.69, 9.17) is 9.47 Å². The Hall–Kier alpha value is -1.85. The van der Waals surface area contributed by atoms with Gasteiger partial charge in [-0.2, -0.15) is 0 Å². The Morgan fingerprint density at radius 1 is 1.00 bits per heavy atom. The Balaban J connectivity index is 1.39. The summed E-state index contributed by atoms with van der Waals surface area (Å²) in [5.74, 6) is 1.34. The third-order valence-corrected chi connectivity index (χ3v) is 6.90. The highest BCUT2D eigenvalue weighted by atomic mass is 16.7. The molecule has 2 atom stereocenters. The van der Waals surface area contributed by atoms with Crippen LogP contribution in [0.4, 0.5) is 0 Å². The van der Waals surface area contributed by atoms with E-state index in [0.717, 1.165) is 30.4 Å². The smallest absolute Gasteiger partial charge is 0.286 e. The van der Waals surface area contributed by atoms with Crippen LogP contribution in [0.5, 0.6) is 0 Å². The van der Waals surface area contributed by atoms with Crippen LogP contribution in [0.3, 0.4) is 0 Å². The van der Waals surface area contributed by atoms with Crippen LogP contribution >= 0.6 is 0 Å². The first kappa shape index (κ1) is 21.4. The first-order valence-corrected chi connectivity index (χ1v) is 11.7. The molecule has 0 saturated heterocycles. The van der Waals surface area contributed by atoms with E-state index in [2.05, 4.69) is 11.4 Å². The summed E-state index contributed by atoms with van der Waals surface area (Å²) in [4.78, 5) is 12.9. The summed E-state index contributed by atoms with van der Waals surface area (Å²) in [5, 5.41) is 12.4. The molecule has 5 nitrogen and oxygen atoms in total. The van der Waals surface area contributed by atoms with E-state index < -0.39 is 6.29 Å². The van der Waals surface area contributed by atoms with Gasteiger partial charge in [0.1, 0.15) is 0 Å². The van der Waals surface area contributed by atoms with Gasteiger partial charge in [0.25, 0.3) is 5.91 Å². The second-order valence-corrected chi connectivity index (χ2v) is 9.12. The highest BCUT2D eigenvalue weighted by Gasteiger charge is 2.34. The van der Waals surface area contributed by atoms with Crippen LogP contribution in [0.2, 0.25) is 0 Å². The van der Waals surface area contributed by atoms with E-state index in [9.17, 15) is 9.90 Å². The normalized spacial score (nSPS) is 25.6. The van der Waals surface area contributed by atoms with Crippen molar-refractivity contribution in [2.75, 3.05) is 0 Å². The molecule has 2 N–H and O–H groups in total. The van der Waals surface area contributed by atoms with Crippen molar-refractivity contribution in [2.45, 2.75) is 89.8 Å². The Kier molecular flexibility index (Phi) is 7.45. The quantitative estimate of drug-likeness (QED) is 0.687. The number of carbonyl (C=O) groups is 1. The van der Waals surface area contributed by atoms with Crippen molar-refractivity contribution in [3.8, 4) is 0 Å². The zero-order chi connectivity index (χ0) is 20.8. The van der Waals surface area contributed by atoms with Crippen LogP contribution in [0, 0.1) is 11.8 Å². The molecule has 0 unspecified atom stereocenters. The number of rotatable bonds is 7. The van der Waals surface area contributed by atoms with Crippen molar-refractivity contribution in [3.63, 3.8) is 0 Å². The van der Waals surface area contributed by atoms with Gasteiger partial charge in [0, 0.05) is 12.5 Å². The molecule has 4 rings (SSSR count). The van der Waals surface area contributed by atoms with Crippen molar-refractivity contribution in [1.82, 2.24) is 5.32 Å². The van der Waals surface area contributed by atoms with Crippen molar-refractivity contribution in [2.24, 2.45) is 11.8 Å². The molecule has 1 aliphatic heterocycles.